The third kappa shape index (κ3) is 3.31. The first kappa shape index (κ1) is 15.2. The van der Waals surface area contributed by atoms with Crippen LogP contribution in [0.2, 0.25) is 0 Å². The molecule has 0 atom stereocenters. The molecule has 1 aliphatic heterocycles. The van der Waals surface area contributed by atoms with Gasteiger partial charge in [-0.05, 0) is 48.0 Å². The second kappa shape index (κ2) is 6.65. The van der Waals surface area contributed by atoms with E-state index in [2.05, 4.69) is 0 Å². The predicted octanol–water partition coefficient (Wildman–Crippen LogP) is 5.14. The molecule has 0 radical (unpaired) electrons. The van der Waals surface area contributed by atoms with Crippen molar-refractivity contribution in [2.45, 2.75) is 0 Å². The van der Waals surface area contributed by atoms with Crippen molar-refractivity contribution in [3.8, 4) is 17.2 Å². The molecule has 0 amide bonds. The maximum atomic E-state index is 12.6. The Balaban J connectivity index is 1.60. The topological polar surface area (TPSA) is 35.5 Å². The quantitative estimate of drug-likeness (QED) is 0.625. The van der Waals surface area contributed by atoms with Crippen LogP contribution in [0.1, 0.15) is 15.9 Å². The molecule has 25 heavy (non-hydrogen) atoms. The van der Waals surface area contributed by atoms with Crippen LogP contribution < -0.4 is 9.47 Å². The fraction of sp³-hybridized carbons (Fsp3) is 0.0455. The minimum Gasteiger partial charge on any atom is -0.488 e. The van der Waals surface area contributed by atoms with Crippen molar-refractivity contribution in [1.29, 1.82) is 0 Å². The van der Waals surface area contributed by atoms with Gasteiger partial charge < -0.3 is 9.47 Å². The normalized spacial score (nSPS) is 14.7. The lowest BCUT2D eigenvalue weighted by atomic mass is 9.98. The molecule has 122 valence electrons. The van der Waals surface area contributed by atoms with E-state index in [9.17, 15) is 4.79 Å². The largest absolute Gasteiger partial charge is 0.488 e. The molecule has 0 N–H and O–H groups in total. The summed E-state index contributed by atoms with van der Waals surface area (Å²) in [5.74, 6) is 2.16. The first-order valence-electron chi connectivity index (χ1n) is 8.10. The summed E-state index contributed by atoms with van der Waals surface area (Å²) < 4.78 is 11.5. The van der Waals surface area contributed by atoms with Crippen LogP contribution in [0.3, 0.4) is 0 Å². The Morgan fingerprint density at radius 3 is 2.48 bits per heavy atom. The average Bonchev–Trinajstić information content (AvgIpc) is 2.65. The number of carbonyl (C=O) groups is 1. The van der Waals surface area contributed by atoms with Crippen molar-refractivity contribution < 1.29 is 14.3 Å². The number of rotatable bonds is 3. The lowest BCUT2D eigenvalue weighted by Gasteiger charge is -2.18. The fourth-order valence-electron chi connectivity index (χ4n) is 2.77. The van der Waals surface area contributed by atoms with Crippen LogP contribution >= 0.6 is 0 Å². The molecule has 3 aromatic rings. The first-order chi connectivity index (χ1) is 12.3. The van der Waals surface area contributed by atoms with E-state index in [4.69, 9.17) is 9.47 Å². The van der Waals surface area contributed by atoms with E-state index < -0.39 is 0 Å². The summed E-state index contributed by atoms with van der Waals surface area (Å²) in [6, 6.07) is 24.6. The SMILES string of the molecule is O=C1C(=Cc2cccc(Oc3ccccc3)c2)COc2ccccc21. The van der Waals surface area contributed by atoms with Crippen LogP contribution in [-0.4, -0.2) is 12.4 Å². The summed E-state index contributed by atoms with van der Waals surface area (Å²) in [5.41, 5.74) is 2.15. The molecular weight excluding hydrogens is 312 g/mol. The number of carbonyl (C=O) groups excluding carboxylic acids is 1. The van der Waals surface area contributed by atoms with Gasteiger partial charge in [0.2, 0.25) is 0 Å². The molecule has 0 saturated carbocycles. The van der Waals surface area contributed by atoms with Gasteiger partial charge in [0.25, 0.3) is 0 Å². The second-order valence-electron chi connectivity index (χ2n) is 5.77. The van der Waals surface area contributed by atoms with Crippen molar-refractivity contribution in [2.75, 3.05) is 6.61 Å². The van der Waals surface area contributed by atoms with Crippen molar-refractivity contribution >= 4 is 11.9 Å². The lowest BCUT2D eigenvalue weighted by molar-refractivity contribution is 0.100. The Morgan fingerprint density at radius 1 is 0.840 bits per heavy atom. The molecule has 1 heterocycles. The summed E-state index contributed by atoms with van der Waals surface area (Å²) in [6.07, 6.45) is 1.86. The van der Waals surface area contributed by atoms with Gasteiger partial charge in [0.15, 0.2) is 5.78 Å². The zero-order valence-electron chi connectivity index (χ0n) is 13.5. The fourth-order valence-corrected chi connectivity index (χ4v) is 2.77. The number of ether oxygens (including phenoxy) is 2. The van der Waals surface area contributed by atoms with E-state index in [1.54, 1.807) is 6.07 Å². The van der Waals surface area contributed by atoms with Crippen LogP contribution in [0, 0.1) is 0 Å². The molecule has 0 aromatic heterocycles. The minimum atomic E-state index is 0.0104. The van der Waals surface area contributed by atoms with Gasteiger partial charge in [0.1, 0.15) is 23.9 Å². The Bertz CT molecular complexity index is 942. The van der Waals surface area contributed by atoms with Crippen molar-refractivity contribution in [3.63, 3.8) is 0 Å². The van der Waals surface area contributed by atoms with Gasteiger partial charge in [0.05, 0.1) is 5.56 Å². The number of fused-ring (bicyclic) bond motifs is 1. The van der Waals surface area contributed by atoms with E-state index in [1.807, 2.05) is 78.9 Å². The molecular formula is C22H16O3. The Kier molecular flexibility index (Phi) is 4.05. The second-order valence-corrected chi connectivity index (χ2v) is 5.77. The molecule has 1 aliphatic rings. The summed E-state index contributed by atoms with van der Waals surface area (Å²) in [5, 5.41) is 0. The molecule has 0 spiro atoms. The van der Waals surface area contributed by atoms with Gasteiger partial charge in [-0.2, -0.15) is 0 Å². The van der Waals surface area contributed by atoms with E-state index in [0.29, 0.717) is 16.9 Å². The Hall–Kier alpha value is -3.33. The van der Waals surface area contributed by atoms with Gasteiger partial charge in [-0.1, -0.05) is 42.5 Å². The minimum absolute atomic E-state index is 0.0104. The highest BCUT2D eigenvalue weighted by atomic mass is 16.5. The zero-order valence-corrected chi connectivity index (χ0v) is 13.5. The van der Waals surface area contributed by atoms with E-state index in [-0.39, 0.29) is 12.4 Å². The van der Waals surface area contributed by atoms with Crippen LogP contribution in [0.25, 0.3) is 6.08 Å². The predicted molar refractivity (Wildman–Crippen MR) is 97.2 cm³/mol. The number of Topliss-reactive ketones (excluding diaryl/α,β-unsaturated/α-hetero) is 1. The van der Waals surface area contributed by atoms with Gasteiger partial charge in [-0.3, -0.25) is 4.79 Å². The highest BCUT2D eigenvalue weighted by molar-refractivity contribution is 6.14. The third-order valence-electron chi connectivity index (χ3n) is 3.98. The third-order valence-corrected chi connectivity index (χ3v) is 3.98. The van der Waals surface area contributed by atoms with Crippen LogP contribution in [-0.2, 0) is 0 Å². The summed E-state index contributed by atoms with van der Waals surface area (Å²) in [6.45, 7) is 0.277. The van der Waals surface area contributed by atoms with Crippen molar-refractivity contribution in [2.24, 2.45) is 0 Å². The molecule has 0 aliphatic carbocycles. The number of hydrogen-bond acceptors (Lipinski definition) is 3. The lowest BCUT2D eigenvalue weighted by Crippen LogP contribution is -2.18. The van der Waals surface area contributed by atoms with E-state index in [0.717, 1.165) is 17.1 Å². The molecule has 3 nitrogen and oxygen atoms in total. The van der Waals surface area contributed by atoms with Crippen LogP contribution in [0.15, 0.2) is 84.4 Å². The van der Waals surface area contributed by atoms with Crippen molar-refractivity contribution in [1.82, 2.24) is 0 Å². The Morgan fingerprint density at radius 2 is 1.60 bits per heavy atom. The highest BCUT2D eigenvalue weighted by Gasteiger charge is 2.22. The number of hydrogen-bond donors (Lipinski definition) is 0. The molecule has 0 saturated heterocycles. The molecule has 0 unspecified atom stereocenters. The summed E-state index contributed by atoms with van der Waals surface area (Å²) in [7, 11) is 0. The average molecular weight is 328 g/mol. The number of ketones is 1. The Labute approximate surface area is 146 Å². The maximum Gasteiger partial charge on any atom is 0.196 e. The molecule has 4 rings (SSSR count). The molecule has 0 bridgehead atoms. The van der Waals surface area contributed by atoms with Gasteiger partial charge in [0, 0.05) is 5.57 Å². The standard InChI is InChI=1S/C22H16O3/c23-22-17(15-24-21-12-5-4-11-20(21)22)13-16-7-6-10-19(14-16)25-18-8-2-1-3-9-18/h1-14H,15H2. The van der Waals surface area contributed by atoms with Gasteiger partial charge in [-0.25, -0.2) is 0 Å². The van der Waals surface area contributed by atoms with Crippen molar-refractivity contribution in [3.05, 3.63) is 95.6 Å². The van der Waals surface area contributed by atoms with E-state index >= 15 is 0 Å². The van der Waals surface area contributed by atoms with Gasteiger partial charge >= 0.3 is 0 Å². The highest BCUT2D eigenvalue weighted by Crippen LogP contribution is 2.28. The molecule has 3 heteroatoms. The smallest absolute Gasteiger partial charge is 0.196 e. The molecule has 3 aromatic carbocycles. The summed E-state index contributed by atoms with van der Waals surface area (Å²) in [4.78, 5) is 12.6. The molecule has 0 fully saturated rings. The van der Waals surface area contributed by atoms with Crippen LogP contribution in [0.5, 0.6) is 17.2 Å². The van der Waals surface area contributed by atoms with Crippen LogP contribution in [0.4, 0.5) is 0 Å². The number of para-hydroxylation sites is 2. The monoisotopic (exact) mass is 328 g/mol. The van der Waals surface area contributed by atoms with E-state index in [1.165, 1.54) is 0 Å². The van der Waals surface area contributed by atoms with Gasteiger partial charge in [-0.15, -0.1) is 0 Å². The first-order valence-corrected chi connectivity index (χ1v) is 8.10. The maximum absolute atomic E-state index is 12.6. The summed E-state index contributed by atoms with van der Waals surface area (Å²) >= 11 is 0. The number of benzene rings is 3. The zero-order chi connectivity index (χ0) is 17.1.